The molecule has 1 aromatic rings. The largest absolute Gasteiger partial charge is 0.368 e. The van der Waals surface area contributed by atoms with Crippen LogP contribution >= 0.6 is 0 Å². The molecule has 0 aromatic heterocycles. The molecule has 1 saturated carbocycles. The molecular weight excluding hydrogens is 342 g/mol. The second-order valence-electron chi connectivity index (χ2n) is 8.07. The normalized spacial score (nSPS) is 32.4. The van der Waals surface area contributed by atoms with Crippen molar-refractivity contribution in [3.05, 3.63) is 41.6 Å². The molecule has 1 aromatic carbocycles. The minimum atomic E-state index is -0.769. The van der Waals surface area contributed by atoms with Gasteiger partial charge in [0.1, 0.15) is 6.04 Å². The Kier molecular flexibility index (Phi) is 3.64. The Morgan fingerprint density at radius 2 is 1.70 bits per heavy atom. The fraction of sp³-hybridized carbons (Fsp3) is 0.476. The van der Waals surface area contributed by atoms with Crippen LogP contribution in [0.5, 0.6) is 0 Å². The zero-order chi connectivity index (χ0) is 18.7. The summed E-state index contributed by atoms with van der Waals surface area (Å²) >= 11 is 0. The molecule has 0 spiro atoms. The van der Waals surface area contributed by atoms with E-state index < -0.39 is 23.8 Å². The molecule has 2 saturated heterocycles. The fourth-order valence-electron chi connectivity index (χ4n) is 5.60. The molecule has 3 aliphatic heterocycles. The summed E-state index contributed by atoms with van der Waals surface area (Å²) in [5.41, 5.74) is 7.73. The summed E-state index contributed by atoms with van der Waals surface area (Å²) in [6.45, 7) is 0. The van der Waals surface area contributed by atoms with E-state index in [4.69, 9.17) is 5.73 Å². The van der Waals surface area contributed by atoms with Crippen LogP contribution in [0.15, 0.2) is 30.5 Å². The van der Waals surface area contributed by atoms with Crippen LogP contribution in [0.3, 0.4) is 0 Å². The van der Waals surface area contributed by atoms with Crippen LogP contribution in [-0.4, -0.2) is 39.6 Å². The molecule has 3 fully saturated rings. The Morgan fingerprint density at radius 1 is 1.00 bits per heavy atom. The lowest BCUT2D eigenvalue weighted by Crippen LogP contribution is -2.49. The molecule has 5 rings (SSSR count). The van der Waals surface area contributed by atoms with E-state index in [2.05, 4.69) is 0 Å². The zero-order valence-electron chi connectivity index (χ0n) is 15.1. The summed E-state index contributed by atoms with van der Waals surface area (Å²) in [7, 11) is 0. The number of benzene rings is 1. The van der Waals surface area contributed by atoms with Gasteiger partial charge in [0, 0.05) is 12.2 Å². The van der Waals surface area contributed by atoms with Gasteiger partial charge in [-0.1, -0.05) is 43.5 Å². The number of nitrogens with zero attached hydrogens (tertiary/aromatic N) is 2. The first-order chi connectivity index (χ1) is 13.1. The van der Waals surface area contributed by atoms with Crippen LogP contribution in [-0.2, 0) is 14.4 Å². The standard InChI is InChI=1S/C21H23N3O3/c22-19(25)18-16-15(17-14-9-5-4-6-12(14)10-11-23(17)18)20(26)24(21(16)27)13-7-2-1-3-8-13/h4-6,9-11,13,15-18H,1-3,7-8H2,(H2,22,25). The molecule has 4 aliphatic rings. The second-order valence-corrected chi connectivity index (χ2v) is 8.07. The Labute approximate surface area is 158 Å². The van der Waals surface area contributed by atoms with E-state index in [1.165, 1.54) is 4.90 Å². The number of amides is 3. The van der Waals surface area contributed by atoms with Crippen molar-refractivity contribution in [1.82, 2.24) is 9.80 Å². The van der Waals surface area contributed by atoms with Crippen molar-refractivity contribution in [2.24, 2.45) is 17.6 Å². The lowest BCUT2D eigenvalue weighted by Gasteiger charge is -2.36. The first kappa shape index (κ1) is 16.5. The number of carbonyl (C=O) groups excluding carboxylic acids is 3. The second kappa shape index (κ2) is 5.94. The SMILES string of the molecule is NC(=O)C1C2C(=O)N(C3CCCCC3)C(=O)C2C2c3ccccc3C=CN12. The number of carbonyl (C=O) groups is 3. The van der Waals surface area contributed by atoms with Crippen molar-refractivity contribution in [2.75, 3.05) is 0 Å². The van der Waals surface area contributed by atoms with Gasteiger partial charge in [0.2, 0.25) is 17.7 Å². The average molecular weight is 365 g/mol. The lowest BCUT2D eigenvalue weighted by molar-refractivity contribution is -0.146. The summed E-state index contributed by atoms with van der Waals surface area (Å²) in [4.78, 5) is 42.4. The van der Waals surface area contributed by atoms with Gasteiger partial charge in [-0.15, -0.1) is 0 Å². The maximum atomic E-state index is 13.4. The number of fused-ring (bicyclic) bond motifs is 5. The highest BCUT2D eigenvalue weighted by Crippen LogP contribution is 2.53. The molecule has 3 heterocycles. The van der Waals surface area contributed by atoms with Crippen molar-refractivity contribution < 1.29 is 14.4 Å². The van der Waals surface area contributed by atoms with Crippen LogP contribution in [0.25, 0.3) is 6.08 Å². The minimum absolute atomic E-state index is 0.0271. The maximum Gasteiger partial charge on any atom is 0.240 e. The smallest absolute Gasteiger partial charge is 0.240 e. The predicted molar refractivity (Wildman–Crippen MR) is 98.7 cm³/mol. The molecule has 27 heavy (non-hydrogen) atoms. The van der Waals surface area contributed by atoms with E-state index in [1.54, 1.807) is 0 Å². The fourth-order valence-corrected chi connectivity index (χ4v) is 5.60. The molecule has 3 amide bonds. The molecule has 0 bridgehead atoms. The number of rotatable bonds is 2. The van der Waals surface area contributed by atoms with Crippen LogP contribution < -0.4 is 5.73 Å². The number of nitrogens with two attached hydrogens (primary N) is 1. The van der Waals surface area contributed by atoms with Gasteiger partial charge in [-0.3, -0.25) is 19.3 Å². The molecule has 2 N–H and O–H groups in total. The average Bonchev–Trinajstić information content (AvgIpc) is 3.16. The van der Waals surface area contributed by atoms with Crippen LogP contribution in [0.2, 0.25) is 0 Å². The third-order valence-corrected chi connectivity index (χ3v) is 6.73. The Bertz CT molecular complexity index is 858. The molecular formula is C21H23N3O3. The monoisotopic (exact) mass is 365 g/mol. The third kappa shape index (κ3) is 2.22. The van der Waals surface area contributed by atoms with Gasteiger partial charge in [-0.25, -0.2) is 0 Å². The first-order valence-corrected chi connectivity index (χ1v) is 9.80. The highest BCUT2D eigenvalue weighted by atomic mass is 16.2. The van der Waals surface area contributed by atoms with Gasteiger partial charge in [0.25, 0.3) is 0 Å². The highest BCUT2D eigenvalue weighted by Gasteiger charge is 2.64. The van der Waals surface area contributed by atoms with Gasteiger partial charge >= 0.3 is 0 Å². The van der Waals surface area contributed by atoms with Crippen molar-refractivity contribution in [3.63, 3.8) is 0 Å². The van der Waals surface area contributed by atoms with Gasteiger partial charge in [-0.2, -0.15) is 0 Å². The highest BCUT2D eigenvalue weighted by molar-refractivity contribution is 6.09. The van der Waals surface area contributed by atoms with Crippen LogP contribution in [0, 0.1) is 11.8 Å². The molecule has 4 atom stereocenters. The van der Waals surface area contributed by atoms with Gasteiger partial charge in [0.05, 0.1) is 17.9 Å². The summed E-state index contributed by atoms with van der Waals surface area (Å²) in [5, 5.41) is 0. The van der Waals surface area contributed by atoms with Crippen LogP contribution in [0.1, 0.15) is 49.3 Å². The van der Waals surface area contributed by atoms with Gasteiger partial charge in [0.15, 0.2) is 0 Å². The Hall–Kier alpha value is -2.63. The summed E-state index contributed by atoms with van der Waals surface area (Å²) in [6.07, 6.45) is 8.71. The third-order valence-electron chi connectivity index (χ3n) is 6.73. The Morgan fingerprint density at radius 3 is 2.44 bits per heavy atom. The summed E-state index contributed by atoms with van der Waals surface area (Å²) in [5.74, 6) is -2.09. The molecule has 4 unspecified atom stereocenters. The quantitative estimate of drug-likeness (QED) is 0.810. The first-order valence-electron chi connectivity index (χ1n) is 9.80. The van der Waals surface area contributed by atoms with E-state index in [-0.39, 0.29) is 23.9 Å². The predicted octanol–water partition coefficient (Wildman–Crippen LogP) is 1.82. The number of imide groups is 1. The summed E-state index contributed by atoms with van der Waals surface area (Å²) in [6, 6.07) is 6.76. The van der Waals surface area contributed by atoms with Gasteiger partial charge in [-0.05, 0) is 30.0 Å². The van der Waals surface area contributed by atoms with E-state index in [1.807, 2.05) is 41.4 Å². The molecule has 0 radical (unpaired) electrons. The van der Waals surface area contributed by atoms with E-state index in [9.17, 15) is 14.4 Å². The number of hydrogen-bond donors (Lipinski definition) is 1. The van der Waals surface area contributed by atoms with Crippen molar-refractivity contribution in [3.8, 4) is 0 Å². The van der Waals surface area contributed by atoms with Crippen molar-refractivity contribution >= 4 is 23.8 Å². The zero-order valence-corrected chi connectivity index (χ0v) is 15.1. The van der Waals surface area contributed by atoms with Crippen molar-refractivity contribution in [2.45, 2.75) is 50.2 Å². The summed E-state index contributed by atoms with van der Waals surface area (Å²) < 4.78 is 0. The van der Waals surface area contributed by atoms with E-state index in [0.717, 1.165) is 43.2 Å². The number of primary amides is 1. The minimum Gasteiger partial charge on any atom is -0.368 e. The lowest BCUT2D eigenvalue weighted by atomic mass is 9.84. The van der Waals surface area contributed by atoms with Crippen molar-refractivity contribution in [1.29, 1.82) is 0 Å². The number of likely N-dealkylation sites (tertiary alicyclic amines) is 1. The van der Waals surface area contributed by atoms with Gasteiger partial charge < -0.3 is 10.6 Å². The molecule has 140 valence electrons. The van der Waals surface area contributed by atoms with Crippen LogP contribution in [0.4, 0.5) is 0 Å². The topological polar surface area (TPSA) is 83.7 Å². The van der Waals surface area contributed by atoms with E-state index >= 15 is 0 Å². The maximum absolute atomic E-state index is 13.4. The molecule has 6 heteroatoms. The molecule has 6 nitrogen and oxygen atoms in total. The van der Waals surface area contributed by atoms with E-state index in [0.29, 0.717) is 0 Å². The molecule has 1 aliphatic carbocycles. The Balaban J connectivity index is 1.60. The number of hydrogen-bond acceptors (Lipinski definition) is 4.